The van der Waals surface area contributed by atoms with Crippen molar-refractivity contribution in [3.63, 3.8) is 0 Å². The normalized spacial score (nSPS) is 17.0. The fourth-order valence-corrected chi connectivity index (χ4v) is 5.43. The summed E-state index contributed by atoms with van der Waals surface area (Å²) in [7, 11) is 0. The molecule has 0 N–H and O–H groups in total. The highest BCUT2D eigenvalue weighted by Gasteiger charge is 2.38. The number of nitrogens with zero attached hydrogens (tertiary/aromatic N) is 4. The molecule has 0 aromatic rings. The SMILES string of the molecule is CCN1CC(=O)N(CC(C)(C)CCC(=O)CCCC(=O)CCC(C)(C)CN2C(=S)CN(CC)C2=S)C1=O. The summed E-state index contributed by atoms with van der Waals surface area (Å²) < 4.78 is 0. The largest absolute Gasteiger partial charge is 0.342 e. The van der Waals surface area contributed by atoms with Gasteiger partial charge >= 0.3 is 6.03 Å². The molecule has 0 spiro atoms. The number of Topliss-reactive ketones (excluding diaryl/α,β-unsaturated/α-hetero) is 2. The van der Waals surface area contributed by atoms with E-state index in [0.717, 1.165) is 23.1 Å². The van der Waals surface area contributed by atoms with Gasteiger partial charge in [-0.2, -0.15) is 0 Å². The van der Waals surface area contributed by atoms with Crippen molar-refractivity contribution >= 4 is 58.0 Å². The number of carbonyl (C=O) groups excluding carboxylic acids is 4. The molecule has 2 saturated heterocycles. The maximum atomic E-state index is 12.5. The van der Waals surface area contributed by atoms with Gasteiger partial charge in [-0.05, 0) is 56.2 Å². The topological polar surface area (TPSA) is 81.2 Å². The molecule has 2 rings (SSSR count). The molecular formula is C27H44N4O4S2. The van der Waals surface area contributed by atoms with Gasteiger partial charge in [-0.15, -0.1) is 0 Å². The van der Waals surface area contributed by atoms with E-state index in [9.17, 15) is 19.2 Å². The fraction of sp³-hybridized carbons (Fsp3) is 0.778. The lowest BCUT2D eigenvalue weighted by Crippen LogP contribution is -2.40. The first-order chi connectivity index (χ1) is 17.2. The van der Waals surface area contributed by atoms with E-state index in [1.807, 2.05) is 25.7 Å². The average Bonchev–Trinajstić information content (AvgIpc) is 3.25. The van der Waals surface area contributed by atoms with Crippen LogP contribution in [0, 0.1) is 10.8 Å². The molecule has 0 aliphatic carbocycles. The highest BCUT2D eigenvalue weighted by atomic mass is 32.1. The van der Waals surface area contributed by atoms with Crippen LogP contribution in [0.3, 0.4) is 0 Å². The van der Waals surface area contributed by atoms with Crippen LogP contribution in [0.4, 0.5) is 4.79 Å². The van der Waals surface area contributed by atoms with Crippen molar-refractivity contribution in [2.45, 2.75) is 86.5 Å². The van der Waals surface area contributed by atoms with Crippen molar-refractivity contribution in [3.8, 4) is 0 Å². The predicted octanol–water partition coefficient (Wildman–Crippen LogP) is 4.44. The van der Waals surface area contributed by atoms with Crippen LogP contribution < -0.4 is 0 Å². The molecule has 0 aromatic carbocycles. The molecule has 8 nitrogen and oxygen atoms in total. The van der Waals surface area contributed by atoms with E-state index in [4.69, 9.17) is 24.4 Å². The van der Waals surface area contributed by atoms with Crippen LogP contribution >= 0.6 is 24.4 Å². The zero-order chi connectivity index (χ0) is 28.0. The molecule has 10 heteroatoms. The molecule has 0 aromatic heterocycles. The first-order valence-corrected chi connectivity index (χ1v) is 14.2. The Balaban J connectivity index is 1.67. The van der Waals surface area contributed by atoms with Crippen LogP contribution in [-0.2, 0) is 14.4 Å². The third-order valence-corrected chi connectivity index (χ3v) is 8.09. The Morgan fingerprint density at radius 3 is 1.68 bits per heavy atom. The standard InChI is InChI=1S/C27H44N4O4S2/c1-7-28-16-22(34)30(24(28)35)18-26(3,4)14-12-20(32)10-9-11-21(33)13-15-27(5,6)19-31-23(36)17-29(8-2)25(31)37/h7-19H2,1-6H3. The minimum absolute atomic E-state index is 0.110. The summed E-state index contributed by atoms with van der Waals surface area (Å²) in [6.07, 6.45) is 3.52. The number of carbonyl (C=O) groups is 4. The molecule has 0 unspecified atom stereocenters. The van der Waals surface area contributed by atoms with Crippen molar-refractivity contribution in [3.05, 3.63) is 0 Å². The van der Waals surface area contributed by atoms with Gasteiger partial charge in [-0.1, -0.05) is 39.9 Å². The van der Waals surface area contributed by atoms with Crippen molar-refractivity contribution in [2.24, 2.45) is 10.8 Å². The van der Waals surface area contributed by atoms with Gasteiger partial charge in [0, 0.05) is 51.9 Å². The number of hydrogen-bond acceptors (Lipinski definition) is 6. The van der Waals surface area contributed by atoms with E-state index in [2.05, 4.69) is 25.7 Å². The Morgan fingerprint density at radius 2 is 1.24 bits per heavy atom. The van der Waals surface area contributed by atoms with Crippen LogP contribution in [0.2, 0.25) is 0 Å². The van der Waals surface area contributed by atoms with E-state index in [-0.39, 0.29) is 40.9 Å². The maximum absolute atomic E-state index is 12.5. The van der Waals surface area contributed by atoms with E-state index >= 15 is 0 Å². The maximum Gasteiger partial charge on any atom is 0.327 e. The Kier molecular flexibility index (Phi) is 11.2. The molecule has 0 saturated carbocycles. The van der Waals surface area contributed by atoms with E-state index in [0.29, 0.717) is 64.7 Å². The number of imide groups is 1. The highest BCUT2D eigenvalue weighted by molar-refractivity contribution is 7.82. The summed E-state index contributed by atoms with van der Waals surface area (Å²) >= 11 is 11.1. The first kappa shape index (κ1) is 31.3. The van der Waals surface area contributed by atoms with Crippen LogP contribution in [0.5, 0.6) is 0 Å². The van der Waals surface area contributed by atoms with Gasteiger partial charge in [0.05, 0.1) is 6.54 Å². The van der Waals surface area contributed by atoms with Gasteiger partial charge in [0.2, 0.25) is 5.91 Å². The van der Waals surface area contributed by atoms with E-state index in [1.165, 1.54) is 9.80 Å². The minimum Gasteiger partial charge on any atom is -0.342 e. The number of ketones is 2. The Labute approximate surface area is 233 Å². The zero-order valence-corrected chi connectivity index (χ0v) is 25.1. The van der Waals surface area contributed by atoms with Gasteiger partial charge in [-0.3, -0.25) is 19.3 Å². The molecule has 0 bridgehead atoms. The lowest BCUT2D eigenvalue weighted by atomic mass is 9.85. The van der Waals surface area contributed by atoms with Crippen LogP contribution in [0.15, 0.2) is 0 Å². The average molecular weight is 553 g/mol. The lowest BCUT2D eigenvalue weighted by Gasteiger charge is -2.31. The van der Waals surface area contributed by atoms with Crippen LogP contribution in [0.1, 0.15) is 86.5 Å². The van der Waals surface area contributed by atoms with E-state index in [1.54, 1.807) is 0 Å². The second-order valence-corrected chi connectivity index (χ2v) is 12.6. The minimum atomic E-state index is -0.347. The van der Waals surface area contributed by atoms with Crippen LogP contribution in [0.25, 0.3) is 0 Å². The van der Waals surface area contributed by atoms with Gasteiger partial charge in [0.25, 0.3) is 0 Å². The fourth-order valence-electron chi connectivity index (χ4n) is 4.70. The lowest BCUT2D eigenvalue weighted by molar-refractivity contribution is -0.126. The molecule has 2 heterocycles. The first-order valence-electron chi connectivity index (χ1n) is 13.4. The van der Waals surface area contributed by atoms with Gasteiger partial charge in [0.1, 0.15) is 23.1 Å². The summed E-state index contributed by atoms with van der Waals surface area (Å²) in [5, 5.41) is 0.773. The van der Waals surface area contributed by atoms with Crippen molar-refractivity contribution < 1.29 is 19.2 Å². The second-order valence-electron chi connectivity index (χ2n) is 11.8. The van der Waals surface area contributed by atoms with Crippen molar-refractivity contribution in [1.29, 1.82) is 0 Å². The molecule has 0 atom stereocenters. The number of thiocarbonyl (C=S) groups is 2. The summed E-state index contributed by atoms with van der Waals surface area (Å²) in [5.41, 5.74) is -0.457. The quantitative estimate of drug-likeness (QED) is 0.205. The number of urea groups is 1. The smallest absolute Gasteiger partial charge is 0.327 e. The third-order valence-electron chi connectivity index (χ3n) is 7.27. The number of hydrogen-bond donors (Lipinski definition) is 0. The summed E-state index contributed by atoms with van der Waals surface area (Å²) in [5.74, 6) is 0.114. The van der Waals surface area contributed by atoms with Gasteiger partial charge in [-0.25, -0.2) is 4.79 Å². The molecule has 37 heavy (non-hydrogen) atoms. The molecule has 0 radical (unpaired) electrons. The zero-order valence-electron chi connectivity index (χ0n) is 23.4. The monoisotopic (exact) mass is 552 g/mol. The van der Waals surface area contributed by atoms with Crippen molar-refractivity contribution in [2.75, 3.05) is 39.3 Å². The number of amides is 3. The third kappa shape index (κ3) is 9.09. The summed E-state index contributed by atoms with van der Waals surface area (Å²) in [6.45, 7) is 15.3. The van der Waals surface area contributed by atoms with Gasteiger partial charge < -0.3 is 14.7 Å². The summed E-state index contributed by atoms with van der Waals surface area (Å²) in [4.78, 5) is 57.3. The Hall–Kier alpha value is -1.94. The van der Waals surface area contributed by atoms with Gasteiger partial charge in [0.15, 0.2) is 5.11 Å². The molecular weight excluding hydrogens is 508 g/mol. The molecule has 2 aliphatic rings. The van der Waals surface area contributed by atoms with E-state index < -0.39 is 0 Å². The Morgan fingerprint density at radius 1 is 0.757 bits per heavy atom. The molecule has 2 fully saturated rings. The molecule has 208 valence electrons. The highest BCUT2D eigenvalue weighted by Crippen LogP contribution is 2.28. The number of rotatable bonds is 16. The second kappa shape index (κ2) is 13.2. The number of likely N-dealkylation sites (N-methyl/N-ethyl adjacent to an activating group) is 2. The molecule has 2 aliphatic heterocycles. The van der Waals surface area contributed by atoms with Crippen LogP contribution in [-0.4, -0.2) is 92.5 Å². The Bertz CT molecular complexity index is 846. The predicted molar refractivity (Wildman–Crippen MR) is 153 cm³/mol. The van der Waals surface area contributed by atoms with Crippen molar-refractivity contribution in [1.82, 2.24) is 19.6 Å². The summed E-state index contributed by atoms with van der Waals surface area (Å²) in [6, 6.07) is -0.248. The molecule has 3 amide bonds.